The quantitative estimate of drug-likeness (QED) is 0.614. The zero-order chi connectivity index (χ0) is 10.9. The molecule has 0 atom stereocenters. The summed E-state index contributed by atoms with van der Waals surface area (Å²) in [6, 6.07) is 5.84. The van der Waals surface area contributed by atoms with E-state index in [1.165, 1.54) is 0 Å². The predicted octanol–water partition coefficient (Wildman–Crippen LogP) is 2.35. The van der Waals surface area contributed by atoms with Crippen molar-refractivity contribution in [2.45, 2.75) is 18.4 Å². The first-order valence-electron chi connectivity index (χ1n) is 4.80. The van der Waals surface area contributed by atoms with Gasteiger partial charge in [0, 0.05) is 24.9 Å². The topological polar surface area (TPSA) is 42.0 Å². The SMILES string of the molecule is CCC(=O)NCCSSc1ccccn1. The van der Waals surface area contributed by atoms with Crippen LogP contribution in [0.4, 0.5) is 0 Å². The van der Waals surface area contributed by atoms with Crippen molar-refractivity contribution in [3.05, 3.63) is 24.4 Å². The molecule has 0 bridgehead atoms. The zero-order valence-corrected chi connectivity index (χ0v) is 10.2. The molecule has 1 heterocycles. The molecular formula is C10H14N2OS2. The zero-order valence-electron chi connectivity index (χ0n) is 8.60. The van der Waals surface area contributed by atoms with Gasteiger partial charge in [0.1, 0.15) is 5.03 Å². The summed E-state index contributed by atoms with van der Waals surface area (Å²) >= 11 is 0. The summed E-state index contributed by atoms with van der Waals surface area (Å²) in [5.74, 6) is 1.01. The Kier molecular flexibility index (Phi) is 6.27. The minimum Gasteiger partial charge on any atom is -0.355 e. The lowest BCUT2D eigenvalue weighted by molar-refractivity contribution is -0.120. The van der Waals surface area contributed by atoms with Gasteiger partial charge in [-0.25, -0.2) is 4.98 Å². The van der Waals surface area contributed by atoms with Crippen molar-refractivity contribution in [3.8, 4) is 0 Å². The third-order valence-corrected chi connectivity index (χ3v) is 3.88. The van der Waals surface area contributed by atoms with E-state index in [1.807, 2.05) is 25.1 Å². The molecule has 3 nitrogen and oxygen atoms in total. The van der Waals surface area contributed by atoms with Crippen LogP contribution in [0.15, 0.2) is 29.4 Å². The van der Waals surface area contributed by atoms with Gasteiger partial charge >= 0.3 is 0 Å². The summed E-state index contributed by atoms with van der Waals surface area (Å²) in [4.78, 5) is 15.1. The number of hydrogen-bond donors (Lipinski definition) is 1. The Morgan fingerprint density at radius 3 is 3.07 bits per heavy atom. The van der Waals surface area contributed by atoms with Crippen LogP contribution in [0.2, 0.25) is 0 Å². The second-order valence-electron chi connectivity index (χ2n) is 2.78. The first-order valence-corrected chi connectivity index (χ1v) is 7.12. The lowest BCUT2D eigenvalue weighted by Gasteiger charge is -2.02. The van der Waals surface area contributed by atoms with Crippen LogP contribution < -0.4 is 5.32 Å². The molecule has 5 heteroatoms. The number of nitrogens with zero attached hydrogens (tertiary/aromatic N) is 1. The standard InChI is InChI=1S/C10H14N2OS2/c1-2-9(13)11-7-8-14-15-10-5-3-4-6-12-10/h3-6H,2,7-8H2,1H3,(H,11,13). The van der Waals surface area contributed by atoms with Crippen molar-refractivity contribution in [3.63, 3.8) is 0 Å². The number of rotatable bonds is 6. The summed E-state index contributed by atoms with van der Waals surface area (Å²) in [5, 5.41) is 3.83. The third kappa shape index (κ3) is 5.69. The van der Waals surface area contributed by atoms with Gasteiger partial charge in [-0.3, -0.25) is 4.79 Å². The van der Waals surface area contributed by atoms with Gasteiger partial charge in [0.25, 0.3) is 0 Å². The molecule has 15 heavy (non-hydrogen) atoms. The number of amides is 1. The van der Waals surface area contributed by atoms with E-state index in [0.29, 0.717) is 6.42 Å². The summed E-state index contributed by atoms with van der Waals surface area (Å²) < 4.78 is 0. The monoisotopic (exact) mass is 242 g/mol. The molecule has 0 aliphatic carbocycles. The van der Waals surface area contributed by atoms with E-state index in [-0.39, 0.29) is 5.91 Å². The van der Waals surface area contributed by atoms with Crippen LogP contribution in [0.3, 0.4) is 0 Å². The van der Waals surface area contributed by atoms with Gasteiger partial charge in [-0.2, -0.15) is 0 Å². The van der Waals surface area contributed by atoms with Gasteiger partial charge in [0.2, 0.25) is 5.91 Å². The molecule has 1 aromatic rings. The van der Waals surface area contributed by atoms with E-state index in [2.05, 4.69) is 10.3 Å². The van der Waals surface area contributed by atoms with Crippen molar-refractivity contribution in [2.24, 2.45) is 0 Å². The smallest absolute Gasteiger partial charge is 0.219 e. The summed E-state index contributed by atoms with van der Waals surface area (Å²) in [7, 11) is 3.33. The number of aromatic nitrogens is 1. The van der Waals surface area contributed by atoms with Gasteiger partial charge in [0.05, 0.1) is 0 Å². The van der Waals surface area contributed by atoms with Crippen molar-refractivity contribution in [1.82, 2.24) is 10.3 Å². The average molecular weight is 242 g/mol. The van der Waals surface area contributed by atoms with E-state index < -0.39 is 0 Å². The van der Waals surface area contributed by atoms with Crippen LogP contribution in [-0.4, -0.2) is 23.2 Å². The normalized spacial score (nSPS) is 9.93. The number of pyridine rings is 1. The molecule has 0 radical (unpaired) electrons. The van der Waals surface area contributed by atoms with Crippen LogP contribution >= 0.6 is 21.6 Å². The highest BCUT2D eigenvalue weighted by Crippen LogP contribution is 2.28. The fourth-order valence-electron chi connectivity index (χ4n) is 0.856. The van der Waals surface area contributed by atoms with E-state index in [0.717, 1.165) is 17.3 Å². The third-order valence-electron chi connectivity index (χ3n) is 1.61. The van der Waals surface area contributed by atoms with Crippen LogP contribution in [-0.2, 0) is 4.79 Å². The predicted molar refractivity (Wildman–Crippen MR) is 65.9 cm³/mol. The fourth-order valence-corrected chi connectivity index (χ4v) is 2.64. The van der Waals surface area contributed by atoms with Crippen molar-refractivity contribution >= 4 is 27.5 Å². The summed E-state index contributed by atoms with van der Waals surface area (Å²) in [6.07, 6.45) is 2.33. The second-order valence-corrected chi connectivity index (χ2v) is 5.21. The second kappa shape index (κ2) is 7.59. The molecule has 0 unspecified atom stereocenters. The van der Waals surface area contributed by atoms with Crippen molar-refractivity contribution < 1.29 is 4.79 Å². The van der Waals surface area contributed by atoms with E-state index >= 15 is 0 Å². The molecular weight excluding hydrogens is 228 g/mol. The maximum Gasteiger partial charge on any atom is 0.219 e. The number of nitrogens with one attached hydrogen (secondary N) is 1. The maximum absolute atomic E-state index is 10.9. The minimum atomic E-state index is 0.110. The molecule has 1 aromatic heterocycles. The average Bonchev–Trinajstić information content (AvgIpc) is 2.29. The lowest BCUT2D eigenvalue weighted by atomic mass is 10.4. The Morgan fingerprint density at radius 1 is 1.53 bits per heavy atom. The number of carbonyl (C=O) groups excluding carboxylic acids is 1. The largest absolute Gasteiger partial charge is 0.355 e. The highest BCUT2D eigenvalue weighted by Gasteiger charge is 1.97. The molecule has 0 saturated heterocycles. The van der Waals surface area contributed by atoms with Crippen LogP contribution in [0, 0.1) is 0 Å². The molecule has 1 rings (SSSR count). The van der Waals surface area contributed by atoms with Gasteiger partial charge < -0.3 is 5.32 Å². The van der Waals surface area contributed by atoms with E-state index in [4.69, 9.17) is 0 Å². The lowest BCUT2D eigenvalue weighted by Crippen LogP contribution is -2.24. The minimum absolute atomic E-state index is 0.110. The Hall–Kier alpha value is -0.680. The van der Waals surface area contributed by atoms with Gasteiger partial charge in [-0.1, -0.05) is 23.8 Å². The highest BCUT2D eigenvalue weighted by atomic mass is 33.1. The van der Waals surface area contributed by atoms with Crippen LogP contribution in [0.1, 0.15) is 13.3 Å². The molecule has 82 valence electrons. The van der Waals surface area contributed by atoms with Crippen molar-refractivity contribution in [2.75, 3.05) is 12.3 Å². The first kappa shape index (κ1) is 12.4. The molecule has 0 aromatic carbocycles. The fraction of sp³-hybridized carbons (Fsp3) is 0.400. The number of hydrogen-bond acceptors (Lipinski definition) is 4. The molecule has 0 spiro atoms. The molecule has 1 N–H and O–H groups in total. The Balaban J connectivity index is 2.05. The number of carbonyl (C=O) groups is 1. The van der Waals surface area contributed by atoms with Gasteiger partial charge in [-0.15, -0.1) is 0 Å². The first-order chi connectivity index (χ1) is 7.33. The van der Waals surface area contributed by atoms with Crippen molar-refractivity contribution in [1.29, 1.82) is 0 Å². The molecule has 0 fully saturated rings. The van der Waals surface area contributed by atoms with E-state index in [9.17, 15) is 4.79 Å². The molecule has 0 aliphatic rings. The van der Waals surface area contributed by atoms with Crippen LogP contribution in [0.5, 0.6) is 0 Å². The molecule has 0 aliphatic heterocycles. The molecule has 1 amide bonds. The Bertz CT molecular complexity index is 293. The van der Waals surface area contributed by atoms with Gasteiger partial charge in [-0.05, 0) is 22.9 Å². The molecule has 0 saturated carbocycles. The Labute approximate surface area is 97.8 Å². The Morgan fingerprint density at radius 2 is 2.40 bits per heavy atom. The summed E-state index contributed by atoms with van der Waals surface area (Å²) in [5.41, 5.74) is 0. The van der Waals surface area contributed by atoms with Crippen LogP contribution in [0.25, 0.3) is 0 Å². The van der Waals surface area contributed by atoms with Gasteiger partial charge in [0.15, 0.2) is 0 Å². The summed E-state index contributed by atoms with van der Waals surface area (Å²) in [6.45, 7) is 2.57. The van der Waals surface area contributed by atoms with E-state index in [1.54, 1.807) is 27.8 Å². The highest BCUT2D eigenvalue weighted by molar-refractivity contribution is 8.76. The maximum atomic E-state index is 10.9.